The quantitative estimate of drug-likeness (QED) is 0.849. The van der Waals surface area contributed by atoms with Crippen LogP contribution in [0.25, 0.3) is 0 Å². The molecular weight excluding hydrogens is 272 g/mol. The molecule has 20 heavy (non-hydrogen) atoms. The number of benzene rings is 2. The maximum atomic E-state index is 11.7. The number of hydrogen-bond acceptors (Lipinski definition) is 4. The van der Waals surface area contributed by atoms with Crippen molar-refractivity contribution >= 4 is 23.4 Å². The molecule has 2 aromatic rings. The first-order valence-corrected chi connectivity index (χ1v) is 6.90. The van der Waals surface area contributed by atoms with Crippen molar-refractivity contribution in [2.45, 2.75) is 9.79 Å². The number of anilines is 1. The van der Waals surface area contributed by atoms with E-state index in [2.05, 4.69) is 5.32 Å². The number of para-hydroxylation sites is 1. The van der Waals surface area contributed by atoms with Gasteiger partial charge in [0.2, 0.25) is 0 Å². The molecule has 104 valence electrons. The molecule has 0 aliphatic heterocycles. The second-order valence-corrected chi connectivity index (χ2v) is 5.17. The summed E-state index contributed by atoms with van der Waals surface area (Å²) >= 11 is 1.48. The van der Waals surface area contributed by atoms with Crippen LogP contribution in [-0.4, -0.2) is 20.1 Å². The second kappa shape index (κ2) is 6.34. The van der Waals surface area contributed by atoms with Crippen LogP contribution in [0.5, 0.6) is 5.75 Å². The molecule has 0 atom stereocenters. The highest BCUT2D eigenvalue weighted by Gasteiger charge is 2.10. The maximum absolute atomic E-state index is 11.7. The Hall–Kier alpha value is -2.14. The number of methoxy groups -OCH3 is 1. The molecule has 0 heterocycles. The van der Waals surface area contributed by atoms with E-state index in [1.54, 1.807) is 32.4 Å². The van der Waals surface area contributed by atoms with E-state index in [1.807, 2.05) is 24.3 Å². The summed E-state index contributed by atoms with van der Waals surface area (Å²) in [5.41, 5.74) is 7.19. The number of carbonyl (C=O) groups is 1. The molecule has 0 saturated heterocycles. The third-order valence-corrected chi connectivity index (χ3v) is 3.92. The summed E-state index contributed by atoms with van der Waals surface area (Å²) in [7, 11) is 3.23. The van der Waals surface area contributed by atoms with Gasteiger partial charge in [-0.3, -0.25) is 4.79 Å². The van der Waals surface area contributed by atoms with Crippen LogP contribution in [0.2, 0.25) is 0 Å². The highest BCUT2D eigenvalue weighted by atomic mass is 32.2. The summed E-state index contributed by atoms with van der Waals surface area (Å²) in [5, 5.41) is 2.60. The summed E-state index contributed by atoms with van der Waals surface area (Å²) in [6.45, 7) is 0. The molecule has 0 bridgehead atoms. The van der Waals surface area contributed by atoms with Gasteiger partial charge < -0.3 is 15.8 Å². The Morgan fingerprint density at radius 3 is 2.65 bits per heavy atom. The first-order chi connectivity index (χ1) is 9.65. The van der Waals surface area contributed by atoms with E-state index in [9.17, 15) is 4.79 Å². The van der Waals surface area contributed by atoms with Gasteiger partial charge in [-0.1, -0.05) is 23.9 Å². The number of rotatable bonds is 4. The summed E-state index contributed by atoms with van der Waals surface area (Å²) in [6.07, 6.45) is 0. The molecule has 1 amide bonds. The van der Waals surface area contributed by atoms with E-state index in [1.165, 1.54) is 11.8 Å². The van der Waals surface area contributed by atoms with Gasteiger partial charge in [0.25, 0.3) is 5.91 Å². The Morgan fingerprint density at radius 1 is 1.20 bits per heavy atom. The van der Waals surface area contributed by atoms with Crippen molar-refractivity contribution in [1.29, 1.82) is 0 Å². The SMILES string of the molecule is CNC(=O)c1ccc(N)c(Sc2ccccc2OC)c1. The summed E-state index contributed by atoms with van der Waals surface area (Å²) < 4.78 is 5.32. The zero-order chi connectivity index (χ0) is 14.5. The standard InChI is InChI=1S/C15H16N2O2S/c1-17-15(18)10-7-8-11(16)14(9-10)20-13-6-4-3-5-12(13)19-2/h3-9H,16H2,1-2H3,(H,17,18). The highest BCUT2D eigenvalue weighted by molar-refractivity contribution is 7.99. The number of carbonyl (C=O) groups excluding carboxylic acids is 1. The molecule has 5 heteroatoms. The number of hydrogen-bond donors (Lipinski definition) is 2. The first-order valence-electron chi connectivity index (χ1n) is 6.08. The predicted octanol–water partition coefficient (Wildman–Crippen LogP) is 2.79. The Kier molecular flexibility index (Phi) is 4.53. The Balaban J connectivity index is 2.35. The zero-order valence-corrected chi connectivity index (χ0v) is 12.2. The molecule has 2 rings (SSSR count). The molecule has 0 saturated carbocycles. The van der Waals surface area contributed by atoms with E-state index in [-0.39, 0.29) is 5.91 Å². The minimum Gasteiger partial charge on any atom is -0.496 e. The number of nitrogens with one attached hydrogen (secondary N) is 1. The average Bonchev–Trinajstić information content (AvgIpc) is 2.49. The average molecular weight is 288 g/mol. The van der Waals surface area contributed by atoms with Crippen molar-refractivity contribution < 1.29 is 9.53 Å². The number of ether oxygens (including phenoxy) is 1. The topological polar surface area (TPSA) is 64.4 Å². The largest absolute Gasteiger partial charge is 0.496 e. The van der Waals surface area contributed by atoms with Crippen molar-refractivity contribution in [1.82, 2.24) is 5.32 Å². The monoisotopic (exact) mass is 288 g/mol. The van der Waals surface area contributed by atoms with E-state index in [4.69, 9.17) is 10.5 Å². The van der Waals surface area contributed by atoms with E-state index in [0.717, 1.165) is 15.5 Å². The summed E-state index contributed by atoms with van der Waals surface area (Å²) in [6, 6.07) is 12.9. The Labute approximate surface area is 122 Å². The van der Waals surface area contributed by atoms with Gasteiger partial charge in [0.15, 0.2) is 0 Å². The van der Waals surface area contributed by atoms with Crippen LogP contribution in [-0.2, 0) is 0 Å². The van der Waals surface area contributed by atoms with Gasteiger partial charge in [0, 0.05) is 23.2 Å². The molecule has 0 fully saturated rings. The molecular formula is C15H16N2O2S. The van der Waals surface area contributed by atoms with Gasteiger partial charge in [-0.15, -0.1) is 0 Å². The van der Waals surface area contributed by atoms with Gasteiger partial charge in [0.1, 0.15) is 5.75 Å². The van der Waals surface area contributed by atoms with Crippen molar-refractivity contribution in [2.24, 2.45) is 0 Å². The summed E-state index contributed by atoms with van der Waals surface area (Å²) in [5.74, 6) is 0.647. The fourth-order valence-electron chi connectivity index (χ4n) is 1.73. The van der Waals surface area contributed by atoms with Crippen LogP contribution in [0.3, 0.4) is 0 Å². The van der Waals surface area contributed by atoms with Gasteiger partial charge in [-0.05, 0) is 30.3 Å². The number of nitrogen functional groups attached to an aromatic ring is 1. The first kappa shape index (κ1) is 14.3. The molecule has 3 N–H and O–H groups in total. The van der Waals surface area contributed by atoms with Gasteiger partial charge in [-0.25, -0.2) is 0 Å². The van der Waals surface area contributed by atoms with Crippen molar-refractivity contribution in [2.75, 3.05) is 19.9 Å². The Bertz CT molecular complexity index is 629. The highest BCUT2D eigenvalue weighted by Crippen LogP contribution is 2.37. The van der Waals surface area contributed by atoms with E-state index in [0.29, 0.717) is 11.3 Å². The fourth-order valence-corrected chi connectivity index (χ4v) is 2.74. The van der Waals surface area contributed by atoms with Crippen LogP contribution in [0, 0.1) is 0 Å². The Morgan fingerprint density at radius 2 is 1.95 bits per heavy atom. The summed E-state index contributed by atoms with van der Waals surface area (Å²) in [4.78, 5) is 13.5. The predicted molar refractivity (Wildman–Crippen MR) is 81.4 cm³/mol. The lowest BCUT2D eigenvalue weighted by Crippen LogP contribution is -2.17. The lowest BCUT2D eigenvalue weighted by atomic mass is 10.2. The lowest BCUT2D eigenvalue weighted by Gasteiger charge is -2.10. The molecule has 0 aromatic heterocycles. The maximum Gasteiger partial charge on any atom is 0.251 e. The third kappa shape index (κ3) is 3.05. The molecule has 0 aliphatic rings. The van der Waals surface area contributed by atoms with Gasteiger partial charge in [0.05, 0.1) is 12.0 Å². The van der Waals surface area contributed by atoms with Crippen LogP contribution >= 0.6 is 11.8 Å². The molecule has 0 aliphatic carbocycles. The zero-order valence-electron chi connectivity index (χ0n) is 11.3. The molecule has 0 unspecified atom stereocenters. The normalized spacial score (nSPS) is 10.1. The molecule has 0 spiro atoms. The minimum absolute atomic E-state index is 0.133. The van der Waals surface area contributed by atoms with Gasteiger partial charge >= 0.3 is 0 Å². The molecule has 0 radical (unpaired) electrons. The van der Waals surface area contributed by atoms with Crippen LogP contribution < -0.4 is 15.8 Å². The minimum atomic E-state index is -0.133. The van der Waals surface area contributed by atoms with E-state index < -0.39 is 0 Å². The van der Waals surface area contributed by atoms with Crippen molar-refractivity contribution in [3.8, 4) is 5.75 Å². The van der Waals surface area contributed by atoms with Crippen LogP contribution in [0.15, 0.2) is 52.3 Å². The van der Waals surface area contributed by atoms with Crippen molar-refractivity contribution in [3.05, 3.63) is 48.0 Å². The second-order valence-electron chi connectivity index (χ2n) is 4.08. The lowest BCUT2D eigenvalue weighted by molar-refractivity contribution is 0.0963. The smallest absolute Gasteiger partial charge is 0.251 e. The fraction of sp³-hybridized carbons (Fsp3) is 0.133. The van der Waals surface area contributed by atoms with Crippen LogP contribution in [0.4, 0.5) is 5.69 Å². The number of amides is 1. The number of nitrogens with two attached hydrogens (primary N) is 1. The van der Waals surface area contributed by atoms with E-state index >= 15 is 0 Å². The third-order valence-electron chi connectivity index (χ3n) is 2.79. The van der Waals surface area contributed by atoms with Crippen LogP contribution in [0.1, 0.15) is 10.4 Å². The molecule has 2 aromatic carbocycles. The van der Waals surface area contributed by atoms with Gasteiger partial charge in [-0.2, -0.15) is 0 Å². The van der Waals surface area contributed by atoms with Crippen molar-refractivity contribution in [3.63, 3.8) is 0 Å². The molecule has 4 nitrogen and oxygen atoms in total.